The number of fused-ring (bicyclic) bond motifs is 1. The second-order valence-electron chi connectivity index (χ2n) is 5.92. The lowest BCUT2D eigenvalue weighted by Gasteiger charge is -2.03. The van der Waals surface area contributed by atoms with E-state index in [1.165, 1.54) is 24.3 Å². The van der Waals surface area contributed by atoms with E-state index < -0.39 is 23.9 Å². The van der Waals surface area contributed by atoms with E-state index >= 15 is 0 Å². The average Bonchev–Trinajstić information content (AvgIpc) is 3.02. The van der Waals surface area contributed by atoms with Gasteiger partial charge < -0.3 is 9.47 Å². The van der Waals surface area contributed by atoms with Gasteiger partial charge in [0.25, 0.3) is 0 Å². The van der Waals surface area contributed by atoms with Gasteiger partial charge in [-0.05, 0) is 48.5 Å². The van der Waals surface area contributed by atoms with Gasteiger partial charge in [-0.2, -0.15) is 0 Å². The Hall–Kier alpha value is -3.48. The van der Waals surface area contributed by atoms with Gasteiger partial charge in [0.1, 0.15) is 0 Å². The highest BCUT2D eigenvalue weighted by Gasteiger charge is 2.28. The summed E-state index contributed by atoms with van der Waals surface area (Å²) in [5.74, 6) is -2.61. The van der Waals surface area contributed by atoms with E-state index in [0.29, 0.717) is 21.2 Å². The largest absolute Gasteiger partial charge is 0.386 e. The molecule has 30 heavy (non-hydrogen) atoms. The zero-order chi connectivity index (χ0) is 21.7. The number of hydrogen-bond donors (Lipinski definition) is 0. The van der Waals surface area contributed by atoms with Gasteiger partial charge in [0, 0.05) is 10.0 Å². The van der Waals surface area contributed by atoms with Crippen molar-refractivity contribution < 1.29 is 28.7 Å². The molecule has 3 aromatic carbocycles. The molecule has 150 valence electrons. The van der Waals surface area contributed by atoms with E-state index in [2.05, 4.69) is 4.74 Å². The van der Waals surface area contributed by atoms with Gasteiger partial charge in [-0.25, -0.2) is 19.2 Å². The van der Waals surface area contributed by atoms with Crippen LogP contribution < -0.4 is 0 Å². The molecule has 0 aromatic heterocycles. The van der Waals surface area contributed by atoms with Crippen LogP contribution in [0.2, 0.25) is 10.0 Å². The van der Waals surface area contributed by atoms with E-state index in [-0.39, 0.29) is 11.1 Å². The topological polar surface area (TPSA) is 86.7 Å². The number of esters is 4. The molecule has 0 amide bonds. The highest BCUT2D eigenvalue weighted by Crippen LogP contribution is 2.18. The normalized spacial score (nSPS) is 11.7. The Kier molecular flexibility index (Phi) is 6.61. The number of rotatable bonds is 2. The molecule has 0 fully saturated rings. The molecule has 0 saturated carbocycles. The molecule has 0 aliphatic carbocycles. The summed E-state index contributed by atoms with van der Waals surface area (Å²) in [6, 6.07) is 18.9. The predicted molar refractivity (Wildman–Crippen MR) is 109 cm³/mol. The first-order chi connectivity index (χ1) is 14.3. The van der Waals surface area contributed by atoms with Crippen molar-refractivity contribution >= 4 is 47.1 Å². The first-order valence-electron chi connectivity index (χ1n) is 8.48. The smallest absolute Gasteiger partial charge is 0.346 e. The third kappa shape index (κ3) is 5.11. The summed E-state index contributed by atoms with van der Waals surface area (Å²) in [5, 5.41) is 0.786. The highest BCUT2D eigenvalue weighted by atomic mass is 35.5. The lowest BCUT2D eigenvalue weighted by Crippen LogP contribution is -2.12. The molecule has 0 unspecified atom stereocenters. The standard InChI is InChI=1S/C14H8Cl2O3.C8H4O3/c15-11-5-1-3-9(7-11)13(17)19-14(18)10-4-2-6-12(16)8-10;9-7-5-3-1-2-4-6(5)8(10)11-7/h1-8H;1-4H. The van der Waals surface area contributed by atoms with Gasteiger partial charge in [-0.3, -0.25) is 0 Å². The summed E-state index contributed by atoms with van der Waals surface area (Å²) in [7, 11) is 0. The fourth-order valence-corrected chi connectivity index (χ4v) is 2.85. The summed E-state index contributed by atoms with van der Waals surface area (Å²) in [5.41, 5.74) is 1.14. The molecule has 3 aromatic rings. The van der Waals surface area contributed by atoms with E-state index in [1.54, 1.807) is 48.5 Å². The number of cyclic esters (lactones) is 2. The van der Waals surface area contributed by atoms with Crippen LogP contribution in [0.15, 0.2) is 72.8 Å². The quantitative estimate of drug-likeness (QED) is 0.410. The second kappa shape index (κ2) is 9.35. The minimum atomic E-state index is -0.757. The van der Waals surface area contributed by atoms with Crippen LogP contribution in [0.5, 0.6) is 0 Å². The number of carbonyl (C=O) groups excluding carboxylic acids is 4. The van der Waals surface area contributed by atoms with Crippen LogP contribution in [-0.4, -0.2) is 23.9 Å². The van der Waals surface area contributed by atoms with Crippen molar-refractivity contribution in [2.45, 2.75) is 0 Å². The molecular weight excluding hydrogens is 431 g/mol. The number of benzene rings is 3. The van der Waals surface area contributed by atoms with Crippen molar-refractivity contribution in [3.05, 3.63) is 105 Å². The number of ether oxygens (including phenoxy) is 2. The zero-order valence-electron chi connectivity index (χ0n) is 15.1. The lowest BCUT2D eigenvalue weighted by atomic mass is 10.1. The minimum Gasteiger partial charge on any atom is -0.386 e. The Labute approximate surface area is 180 Å². The van der Waals surface area contributed by atoms with Crippen LogP contribution in [0.25, 0.3) is 0 Å². The molecule has 0 N–H and O–H groups in total. The Morgan fingerprint density at radius 2 is 1.10 bits per heavy atom. The summed E-state index contributed by atoms with van der Waals surface area (Å²) in [6.07, 6.45) is 0. The van der Waals surface area contributed by atoms with Crippen LogP contribution in [0.1, 0.15) is 41.4 Å². The van der Waals surface area contributed by atoms with Crippen molar-refractivity contribution in [3.8, 4) is 0 Å². The maximum Gasteiger partial charge on any atom is 0.346 e. The summed E-state index contributed by atoms with van der Waals surface area (Å²) in [6.45, 7) is 0. The zero-order valence-corrected chi connectivity index (χ0v) is 16.6. The molecule has 1 aliphatic heterocycles. The van der Waals surface area contributed by atoms with Gasteiger partial charge >= 0.3 is 23.9 Å². The summed E-state index contributed by atoms with van der Waals surface area (Å²) in [4.78, 5) is 45.1. The molecule has 1 heterocycles. The van der Waals surface area contributed by atoms with E-state index in [1.807, 2.05) is 0 Å². The number of halogens is 2. The number of hydrogen-bond acceptors (Lipinski definition) is 6. The maximum absolute atomic E-state index is 11.7. The molecule has 0 radical (unpaired) electrons. The average molecular weight is 443 g/mol. The van der Waals surface area contributed by atoms with Crippen LogP contribution in [0, 0.1) is 0 Å². The fourth-order valence-electron chi connectivity index (χ4n) is 2.47. The molecule has 0 bridgehead atoms. The summed E-state index contributed by atoms with van der Waals surface area (Å²) >= 11 is 11.5. The van der Waals surface area contributed by atoms with E-state index in [9.17, 15) is 19.2 Å². The SMILES string of the molecule is O=C(OC(=O)c1cccc(Cl)c1)c1cccc(Cl)c1.O=C1OC(=O)c2ccccc21. The van der Waals surface area contributed by atoms with Gasteiger partial charge in [0.05, 0.1) is 22.3 Å². The minimum absolute atomic E-state index is 0.211. The number of carbonyl (C=O) groups is 4. The molecule has 8 heteroatoms. The van der Waals surface area contributed by atoms with Crippen molar-refractivity contribution in [1.29, 1.82) is 0 Å². The van der Waals surface area contributed by atoms with Crippen molar-refractivity contribution in [3.63, 3.8) is 0 Å². The van der Waals surface area contributed by atoms with Gasteiger partial charge in [0.2, 0.25) is 0 Å². The van der Waals surface area contributed by atoms with Gasteiger partial charge in [-0.15, -0.1) is 0 Å². The van der Waals surface area contributed by atoms with Crippen LogP contribution in [0.3, 0.4) is 0 Å². The molecule has 4 rings (SSSR count). The molecule has 1 aliphatic rings. The molecule has 0 saturated heterocycles. The van der Waals surface area contributed by atoms with Crippen molar-refractivity contribution in [1.82, 2.24) is 0 Å². The maximum atomic E-state index is 11.7. The van der Waals surface area contributed by atoms with Crippen molar-refractivity contribution in [2.24, 2.45) is 0 Å². The molecule has 0 spiro atoms. The first kappa shape index (κ1) is 21.2. The Bertz CT molecular complexity index is 1070. The highest BCUT2D eigenvalue weighted by molar-refractivity contribution is 6.31. The Morgan fingerprint density at radius 1 is 0.667 bits per heavy atom. The molecule has 0 atom stereocenters. The third-order valence-corrected chi connectivity index (χ3v) is 4.33. The monoisotopic (exact) mass is 442 g/mol. The Balaban J connectivity index is 0.000000196. The summed E-state index contributed by atoms with van der Waals surface area (Å²) < 4.78 is 9.09. The van der Waals surface area contributed by atoms with Crippen LogP contribution in [-0.2, 0) is 9.47 Å². The predicted octanol–water partition coefficient (Wildman–Crippen LogP) is 4.99. The van der Waals surface area contributed by atoms with Crippen LogP contribution >= 0.6 is 23.2 Å². The first-order valence-corrected chi connectivity index (χ1v) is 9.24. The Morgan fingerprint density at radius 3 is 1.50 bits per heavy atom. The van der Waals surface area contributed by atoms with Gasteiger partial charge in [-0.1, -0.05) is 47.5 Å². The van der Waals surface area contributed by atoms with Crippen molar-refractivity contribution in [2.75, 3.05) is 0 Å². The molecular formula is C22H12Cl2O6. The van der Waals surface area contributed by atoms with E-state index in [0.717, 1.165) is 0 Å². The van der Waals surface area contributed by atoms with Crippen LogP contribution in [0.4, 0.5) is 0 Å². The van der Waals surface area contributed by atoms with E-state index in [4.69, 9.17) is 27.9 Å². The lowest BCUT2D eigenvalue weighted by molar-refractivity contribution is 0.0391. The second-order valence-corrected chi connectivity index (χ2v) is 6.79. The molecule has 6 nitrogen and oxygen atoms in total. The fraction of sp³-hybridized carbons (Fsp3) is 0. The third-order valence-electron chi connectivity index (χ3n) is 3.86. The van der Waals surface area contributed by atoms with Gasteiger partial charge in [0.15, 0.2) is 0 Å².